The molecule has 2 atom stereocenters. The van der Waals surface area contributed by atoms with Crippen molar-refractivity contribution in [2.75, 3.05) is 0 Å². The number of thiazole rings is 3. The molecule has 0 amide bonds. The number of fused-ring (bicyclic) bond motifs is 7. The van der Waals surface area contributed by atoms with Gasteiger partial charge in [0.1, 0.15) is 20.1 Å². The first-order valence-corrected chi connectivity index (χ1v) is 36.2. The molecule has 17 rings (SSSR count). The molecule has 4 aliphatic heterocycles. The number of rotatable bonds is 12. The van der Waals surface area contributed by atoms with Gasteiger partial charge in [-0.05, 0) is 167 Å². The smallest absolute Gasteiger partial charge is 0.140 e. The van der Waals surface area contributed by atoms with Crippen molar-refractivity contribution in [3.05, 3.63) is 282 Å². The molecule has 0 saturated carbocycles. The van der Waals surface area contributed by atoms with Crippen LogP contribution in [0.4, 0.5) is 0 Å². The molecule has 0 aliphatic carbocycles. The maximum absolute atomic E-state index is 8.78. The molecule has 0 saturated heterocycles. The second-order valence-electron chi connectivity index (χ2n) is 21.2. The highest BCUT2D eigenvalue weighted by Gasteiger charge is 2.45. The van der Waals surface area contributed by atoms with Crippen molar-refractivity contribution in [2.45, 2.75) is 49.7 Å². The first kappa shape index (κ1) is 52.4. The lowest BCUT2D eigenvalue weighted by Gasteiger charge is -2.39. The van der Waals surface area contributed by atoms with Crippen LogP contribution in [-0.2, 0) is 0 Å². The molecule has 14 heteroatoms. The van der Waals surface area contributed by atoms with Crippen LogP contribution < -0.4 is 0 Å². The predicted octanol–water partition coefficient (Wildman–Crippen LogP) is 21.1. The number of aromatic nitrogens is 5. The molecule has 13 aromatic rings. The van der Waals surface area contributed by atoms with E-state index >= 15 is 0 Å². The maximum atomic E-state index is 8.78. The number of hydrogen-bond donors (Lipinski definition) is 2. The highest BCUT2D eigenvalue weighted by molar-refractivity contribution is 8.34. The van der Waals surface area contributed by atoms with Crippen LogP contribution in [0.5, 0.6) is 0 Å². The van der Waals surface area contributed by atoms with E-state index in [0.29, 0.717) is 0 Å². The van der Waals surface area contributed by atoms with E-state index < -0.39 is 20.1 Å². The third kappa shape index (κ3) is 8.04. The Labute approximate surface area is 527 Å². The lowest BCUT2D eigenvalue weighted by Crippen LogP contribution is -2.05. The minimum Gasteiger partial charge on any atom is -0.305 e. The first-order valence-electron chi connectivity index (χ1n) is 28.1. The van der Waals surface area contributed by atoms with Gasteiger partial charge in [0.25, 0.3) is 0 Å². The summed E-state index contributed by atoms with van der Waals surface area (Å²) in [4.78, 5) is 27.6. The molecule has 8 aromatic carbocycles. The average Bonchev–Trinajstić information content (AvgIpc) is 1.55. The van der Waals surface area contributed by atoms with Crippen molar-refractivity contribution in [2.24, 2.45) is 0 Å². The molecule has 0 fully saturated rings. The lowest BCUT2D eigenvalue weighted by atomic mass is 10.0. The topological polar surface area (TPSA) is 72.4 Å². The highest BCUT2D eigenvalue weighted by atomic mass is 32.3. The number of nitrogens with zero attached hydrogens (tertiary/aromatic N) is 5. The standard InChI is InChI=1S/C72H48N6S8/c73-69(79)57-25-26-58(70-74-33-36-80-70)77(57)47-23-31-67-55(41-47)53-39-45(21-29-65(53)85(67,49-13-5-1-6-14-49)50-15-7-2-8-16-50)61-43-63-64(83-61)44-62(84-63)46-22-30-66-54(40-46)56-42-48(78-59(71-75-34-37-81-71)27-28-60(78)72-76-35-38-82-72)24-32-68(56)86(66,51-17-9-3-10-18-51)52-19-11-4-12-20-52/h1-44,63-64H,(H2,73,79). The molecule has 414 valence electrons. The summed E-state index contributed by atoms with van der Waals surface area (Å²) >= 11 is 13.5. The third-order valence-corrected chi connectivity index (χ3v) is 30.1. The second-order valence-corrected chi connectivity index (χ2v) is 32.9. The zero-order valence-corrected chi connectivity index (χ0v) is 52.2. The fourth-order valence-electron chi connectivity index (χ4n) is 13.2. The van der Waals surface area contributed by atoms with E-state index in [1.54, 1.807) is 34.0 Å². The van der Waals surface area contributed by atoms with E-state index in [4.69, 9.17) is 20.4 Å². The summed E-state index contributed by atoms with van der Waals surface area (Å²) in [7, 11) is -3.81. The monoisotopic (exact) mass is 1250 g/mol. The summed E-state index contributed by atoms with van der Waals surface area (Å²) in [5.41, 5.74) is 13.3. The molecule has 0 spiro atoms. The van der Waals surface area contributed by atoms with Crippen LogP contribution in [0.3, 0.4) is 0 Å². The van der Waals surface area contributed by atoms with Crippen LogP contribution in [0.1, 0.15) is 16.8 Å². The molecule has 1 N–H and O–H groups in total. The number of thiol groups is 1. The van der Waals surface area contributed by atoms with Gasteiger partial charge in [-0.3, -0.25) is 5.41 Å². The Hall–Kier alpha value is -7.89. The van der Waals surface area contributed by atoms with E-state index in [1.165, 1.54) is 82.4 Å². The Kier molecular flexibility index (Phi) is 12.8. The highest BCUT2D eigenvalue weighted by Crippen LogP contribution is 2.82. The van der Waals surface area contributed by atoms with Gasteiger partial charge in [-0.25, -0.2) is 15.0 Å². The fraction of sp³-hybridized carbons (Fsp3) is 0.0278. The molecular formula is C72H48N6S8. The third-order valence-electron chi connectivity index (χ3n) is 16.7. The Balaban J connectivity index is 0.768. The van der Waals surface area contributed by atoms with Crippen molar-refractivity contribution in [3.63, 3.8) is 0 Å². The van der Waals surface area contributed by atoms with Gasteiger partial charge >= 0.3 is 0 Å². The van der Waals surface area contributed by atoms with Gasteiger partial charge in [0.2, 0.25) is 0 Å². The summed E-state index contributed by atoms with van der Waals surface area (Å²) in [5, 5.41) is 18.5. The van der Waals surface area contributed by atoms with E-state index in [-0.39, 0.29) is 15.5 Å². The van der Waals surface area contributed by atoms with Crippen LogP contribution >= 0.6 is 90.2 Å². The van der Waals surface area contributed by atoms with Crippen molar-refractivity contribution in [1.82, 2.24) is 24.1 Å². The van der Waals surface area contributed by atoms with E-state index in [1.807, 2.05) is 53.6 Å². The Morgan fingerprint density at radius 3 is 1.12 bits per heavy atom. The Bertz CT molecular complexity index is 4730. The van der Waals surface area contributed by atoms with Crippen LogP contribution in [0, 0.1) is 5.41 Å². The average molecular weight is 1250 g/mol. The van der Waals surface area contributed by atoms with E-state index in [9.17, 15) is 0 Å². The second kappa shape index (κ2) is 20.9. The van der Waals surface area contributed by atoms with Gasteiger partial charge in [0.15, 0.2) is 0 Å². The minimum atomic E-state index is -1.92. The van der Waals surface area contributed by atoms with Crippen molar-refractivity contribution >= 4 is 105 Å². The SMILES string of the molecule is N=C(S)c1ccc(-c2nccs2)n1-c1ccc2c(c1)-c1cc(C3=CC4SC(c5ccc6c(c5)-c5cc(-n7c(-c8nccs8)ccc7-c7nccs7)ccc5S6(c5ccccc5)c5ccccc5)=CC4S3)ccc1S2(c1ccccc1)c1ccccc1. The maximum Gasteiger partial charge on any atom is 0.140 e. The molecule has 6 nitrogen and oxygen atoms in total. The molecule has 2 unspecified atom stereocenters. The largest absolute Gasteiger partial charge is 0.305 e. The summed E-state index contributed by atoms with van der Waals surface area (Å²) in [6.07, 6.45) is 10.7. The normalized spacial score (nSPS) is 17.2. The van der Waals surface area contributed by atoms with Crippen molar-refractivity contribution < 1.29 is 0 Å². The summed E-state index contributed by atoms with van der Waals surface area (Å²) in [5.74, 6) is 0. The number of thioether (sulfide) groups is 2. The molecule has 0 radical (unpaired) electrons. The zero-order chi connectivity index (χ0) is 57.1. The molecular weight excluding hydrogens is 1210 g/mol. The molecule has 86 heavy (non-hydrogen) atoms. The summed E-state index contributed by atoms with van der Waals surface area (Å²) in [6, 6.07) is 81.9. The molecule has 9 heterocycles. The summed E-state index contributed by atoms with van der Waals surface area (Å²) in [6.45, 7) is 0. The van der Waals surface area contributed by atoms with E-state index in [2.05, 4.69) is 257 Å². The Morgan fingerprint density at radius 2 is 0.744 bits per heavy atom. The van der Waals surface area contributed by atoms with E-state index in [0.717, 1.165) is 49.2 Å². The van der Waals surface area contributed by atoms with Gasteiger partial charge in [-0.15, -0.1) is 90.2 Å². The van der Waals surface area contributed by atoms with Gasteiger partial charge < -0.3 is 9.13 Å². The minimum absolute atomic E-state index is 0.205. The molecule has 0 bridgehead atoms. The number of hydrogen-bond acceptors (Lipinski definition) is 9. The quantitative estimate of drug-likeness (QED) is 0.0724. The van der Waals surface area contributed by atoms with Gasteiger partial charge in [0.05, 0.1) is 22.8 Å². The lowest BCUT2D eigenvalue weighted by molar-refractivity contribution is 1.06. The van der Waals surface area contributed by atoms with Gasteiger partial charge in [-0.2, -0.15) is 0 Å². The first-order chi connectivity index (χ1) is 42.4. The van der Waals surface area contributed by atoms with Crippen LogP contribution in [0.25, 0.3) is 75.5 Å². The summed E-state index contributed by atoms with van der Waals surface area (Å²) < 4.78 is 4.51. The van der Waals surface area contributed by atoms with Gasteiger partial charge in [-0.1, -0.05) is 97.1 Å². The van der Waals surface area contributed by atoms with Crippen LogP contribution in [-0.4, -0.2) is 39.6 Å². The van der Waals surface area contributed by atoms with Crippen molar-refractivity contribution in [3.8, 4) is 65.7 Å². The van der Waals surface area contributed by atoms with Crippen molar-refractivity contribution in [1.29, 1.82) is 5.41 Å². The number of benzene rings is 8. The number of nitrogens with one attached hydrogen (secondary N) is 1. The predicted molar refractivity (Wildman–Crippen MR) is 367 cm³/mol. The van der Waals surface area contributed by atoms with Crippen LogP contribution in [0.15, 0.2) is 304 Å². The molecule has 4 aliphatic rings. The van der Waals surface area contributed by atoms with Crippen LogP contribution in [0.2, 0.25) is 0 Å². The fourth-order valence-corrected chi connectivity index (χ4v) is 26.6. The molecule has 5 aromatic heterocycles. The van der Waals surface area contributed by atoms with Gasteiger partial charge in [0, 0.05) is 106 Å². The Morgan fingerprint density at radius 1 is 0.395 bits per heavy atom. The zero-order valence-electron chi connectivity index (χ0n) is 45.6.